The van der Waals surface area contributed by atoms with Gasteiger partial charge in [0.15, 0.2) is 0 Å². The predicted octanol–water partition coefficient (Wildman–Crippen LogP) is 4.00. The number of ether oxygens (including phenoxy) is 2. The summed E-state index contributed by atoms with van der Waals surface area (Å²) in [5, 5.41) is 3.26. The molecule has 0 radical (unpaired) electrons. The third-order valence-electron chi connectivity index (χ3n) is 7.63. The van der Waals surface area contributed by atoms with Gasteiger partial charge in [-0.05, 0) is 54.1 Å². The Morgan fingerprint density at radius 2 is 2.04 bits per heavy atom. The summed E-state index contributed by atoms with van der Waals surface area (Å²) in [7, 11) is 1.58. The monoisotopic (exact) mass is 393 g/mol. The predicted molar refractivity (Wildman–Crippen MR) is 101 cm³/mol. The summed E-state index contributed by atoms with van der Waals surface area (Å²) < 4.78 is 40.0. The van der Waals surface area contributed by atoms with E-state index >= 15 is 0 Å². The summed E-state index contributed by atoms with van der Waals surface area (Å²) >= 11 is 0. The zero-order valence-electron chi connectivity index (χ0n) is 16.8. The summed E-state index contributed by atoms with van der Waals surface area (Å²) in [5.41, 5.74) is -0.204. The van der Waals surface area contributed by atoms with Gasteiger partial charge in [0.25, 0.3) is 0 Å². The number of carbonyl (C=O) groups excluding carboxylic acids is 1. The van der Waals surface area contributed by atoms with Crippen LogP contribution in [-0.4, -0.2) is 32.3 Å². The maximum absolute atomic E-state index is 14.5. The van der Waals surface area contributed by atoms with Crippen LogP contribution in [0.1, 0.15) is 51.2 Å². The zero-order valence-corrected chi connectivity index (χ0v) is 16.8. The fourth-order valence-electron chi connectivity index (χ4n) is 6.28. The van der Waals surface area contributed by atoms with Gasteiger partial charge in [0.05, 0.1) is 18.3 Å². The van der Waals surface area contributed by atoms with Crippen LogP contribution in [0.25, 0.3) is 0 Å². The number of nitrogens with one attached hydrogen (secondary N) is 1. The van der Waals surface area contributed by atoms with Gasteiger partial charge in [0, 0.05) is 26.2 Å². The van der Waals surface area contributed by atoms with Crippen LogP contribution in [0.3, 0.4) is 0 Å². The number of hydrogen-bond acceptors (Lipinski definition) is 3. The first-order valence-corrected chi connectivity index (χ1v) is 10.1. The molecule has 28 heavy (non-hydrogen) atoms. The highest BCUT2D eigenvalue weighted by atomic mass is 19.1. The largest absolute Gasteiger partial charge is 0.384 e. The van der Waals surface area contributed by atoms with Crippen molar-refractivity contribution in [3.8, 4) is 0 Å². The number of benzene rings is 1. The van der Waals surface area contributed by atoms with Gasteiger partial charge in [-0.1, -0.05) is 19.9 Å². The maximum Gasteiger partial charge on any atom is 0.222 e. The van der Waals surface area contributed by atoms with Crippen molar-refractivity contribution in [2.24, 2.45) is 22.7 Å². The van der Waals surface area contributed by atoms with Crippen LogP contribution in [-0.2, 0) is 14.3 Å². The lowest BCUT2D eigenvalue weighted by Crippen LogP contribution is -2.59. The average Bonchev–Trinajstić information content (AvgIpc) is 3.13. The van der Waals surface area contributed by atoms with Gasteiger partial charge in [-0.2, -0.15) is 0 Å². The molecule has 1 aromatic rings. The second kappa shape index (κ2) is 7.06. The molecule has 2 bridgehead atoms. The maximum atomic E-state index is 14.5. The van der Waals surface area contributed by atoms with Crippen LogP contribution in [0, 0.1) is 34.3 Å². The van der Waals surface area contributed by atoms with Crippen molar-refractivity contribution in [1.29, 1.82) is 0 Å². The van der Waals surface area contributed by atoms with Crippen LogP contribution in [0.15, 0.2) is 18.2 Å². The molecular weight excluding hydrogens is 364 g/mol. The third kappa shape index (κ3) is 2.88. The van der Waals surface area contributed by atoms with Crippen LogP contribution in [0.2, 0.25) is 0 Å². The molecule has 4 rings (SSSR count). The van der Waals surface area contributed by atoms with Gasteiger partial charge in [0.1, 0.15) is 11.6 Å². The molecule has 1 aromatic carbocycles. The number of hydrogen-bond donors (Lipinski definition) is 1. The Hall–Kier alpha value is -1.53. The van der Waals surface area contributed by atoms with Crippen LogP contribution in [0.4, 0.5) is 8.78 Å². The molecule has 1 heterocycles. The number of fused-ring (bicyclic) bond motifs is 1. The highest BCUT2D eigenvalue weighted by Gasteiger charge is 2.68. The molecule has 3 fully saturated rings. The highest BCUT2D eigenvalue weighted by Crippen LogP contribution is 2.70. The minimum Gasteiger partial charge on any atom is -0.384 e. The van der Waals surface area contributed by atoms with Crippen molar-refractivity contribution in [3.63, 3.8) is 0 Å². The first kappa shape index (κ1) is 19.8. The number of methoxy groups -OCH3 is 1. The summed E-state index contributed by atoms with van der Waals surface area (Å²) in [6, 6.07) is 3.94. The van der Waals surface area contributed by atoms with Gasteiger partial charge in [-0.15, -0.1) is 0 Å². The van der Waals surface area contributed by atoms with E-state index in [2.05, 4.69) is 19.2 Å². The molecule has 1 saturated heterocycles. The third-order valence-corrected chi connectivity index (χ3v) is 7.63. The van der Waals surface area contributed by atoms with Gasteiger partial charge < -0.3 is 14.8 Å². The normalized spacial score (nSPS) is 35.6. The van der Waals surface area contributed by atoms with E-state index in [1.165, 1.54) is 18.2 Å². The average molecular weight is 393 g/mol. The fourth-order valence-corrected chi connectivity index (χ4v) is 6.28. The van der Waals surface area contributed by atoms with Crippen molar-refractivity contribution in [2.75, 3.05) is 20.3 Å². The molecular formula is C22H29F2NO3. The number of amides is 1. The Labute approximate surface area is 165 Å². The van der Waals surface area contributed by atoms with Gasteiger partial charge >= 0.3 is 0 Å². The van der Waals surface area contributed by atoms with E-state index in [1.54, 1.807) is 7.11 Å². The van der Waals surface area contributed by atoms with Crippen molar-refractivity contribution in [2.45, 2.75) is 51.7 Å². The van der Waals surface area contributed by atoms with Gasteiger partial charge in [-0.25, -0.2) is 8.78 Å². The molecule has 1 amide bonds. The molecule has 1 aliphatic heterocycles. The Morgan fingerprint density at radius 1 is 1.32 bits per heavy atom. The number of carbonyl (C=O) groups is 1. The van der Waals surface area contributed by atoms with E-state index in [1.807, 2.05) is 0 Å². The lowest BCUT2D eigenvalue weighted by Gasteiger charge is -2.53. The van der Waals surface area contributed by atoms with E-state index in [-0.39, 0.29) is 34.3 Å². The van der Waals surface area contributed by atoms with Crippen LogP contribution < -0.4 is 5.32 Å². The zero-order chi connectivity index (χ0) is 20.1. The van der Waals surface area contributed by atoms with E-state index in [0.29, 0.717) is 25.6 Å². The van der Waals surface area contributed by atoms with E-state index in [4.69, 9.17) is 9.47 Å². The SMILES string of the molecule is COCCC(=O)N[C@H]1C(C)(C)[C@@H]2C[C@@H]3[C@@H](c4c(F)cccc4F)OCC[C@@]31C2. The molecule has 4 nitrogen and oxygen atoms in total. The molecule has 0 unspecified atom stereocenters. The molecule has 3 aliphatic rings. The minimum atomic E-state index is -0.602. The Bertz CT molecular complexity index is 748. The lowest BCUT2D eigenvalue weighted by atomic mass is 9.58. The van der Waals surface area contributed by atoms with E-state index in [0.717, 1.165) is 19.3 Å². The van der Waals surface area contributed by atoms with Crippen LogP contribution >= 0.6 is 0 Å². The molecule has 2 aliphatic carbocycles. The highest BCUT2D eigenvalue weighted by molar-refractivity contribution is 5.76. The minimum absolute atomic E-state index is 0.00148. The molecule has 0 aromatic heterocycles. The van der Waals surface area contributed by atoms with E-state index < -0.39 is 17.7 Å². The first-order valence-electron chi connectivity index (χ1n) is 10.1. The smallest absolute Gasteiger partial charge is 0.222 e. The molecule has 6 heteroatoms. The fraction of sp³-hybridized carbons (Fsp3) is 0.682. The summed E-state index contributed by atoms with van der Waals surface area (Å²) in [5.74, 6) is -0.738. The Balaban J connectivity index is 1.67. The lowest BCUT2D eigenvalue weighted by molar-refractivity contribution is -0.138. The quantitative estimate of drug-likeness (QED) is 0.823. The molecule has 2 saturated carbocycles. The Morgan fingerprint density at radius 3 is 2.71 bits per heavy atom. The van der Waals surface area contributed by atoms with Gasteiger partial charge in [-0.3, -0.25) is 4.79 Å². The molecule has 1 spiro atoms. The summed E-state index contributed by atoms with van der Waals surface area (Å²) in [4.78, 5) is 12.5. The van der Waals surface area contributed by atoms with Gasteiger partial charge in [0.2, 0.25) is 5.91 Å². The van der Waals surface area contributed by atoms with E-state index in [9.17, 15) is 13.6 Å². The van der Waals surface area contributed by atoms with Crippen molar-refractivity contribution >= 4 is 5.91 Å². The molecule has 154 valence electrons. The Kier molecular flexibility index (Phi) is 4.99. The first-order chi connectivity index (χ1) is 13.3. The number of rotatable bonds is 5. The second-order valence-corrected chi connectivity index (χ2v) is 9.22. The van der Waals surface area contributed by atoms with Crippen molar-refractivity contribution in [3.05, 3.63) is 35.4 Å². The standard InChI is InChI=1S/C22H29F2NO3/c1-21(2)13-11-14-19(18-15(23)5-4-6-16(18)24)28-10-8-22(14,12-13)20(21)25-17(26)7-9-27-3/h4-6,13-14,19-20H,7-12H2,1-3H3,(H,25,26)/t13-,14-,19+,20+,22-/m1/s1. The number of halogens is 2. The summed E-state index contributed by atoms with van der Waals surface area (Å²) in [6.45, 7) is 5.24. The van der Waals surface area contributed by atoms with Crippen molar-refractivity contribution < 1.29 is 23.0 Å². The van der Waals surface area contributed by atoms with Crippen LogP contribution in [0.5, 0.6) is 0 Å². The molecule has 5 atom stereocenters. The second-order valence-electron chi connectivity index (χ2n) is 9.22. The molecule has 1 N–H and O–H groups in total. The topological polar surface area (TPSA) is 47.6 Å². The van der Waals surface area contributed by atoms with Crippen molar-refractivity contribution in [1.82, 2.24) is 5.32 Å². The summed E-state index contributed by atoms with van der Waals surface area (Å²) in [6.07, 6.45) is 2.36.